The van der Waals surface area contributed by atoms with E-state index in [-0.39, 0.29) is 11.7 Å². The van der Waals surface area contributed by atoms with Crippen LogP contribution < -0.4 is 11.1 Å². The molecular weight excluding hydrogens is 260 g/mol. The van der Waals surface area contributed by atoms with Gasteiger partial charge in [0.2, 0.25) is 0 Å². The zero-order chi connectivity index (χ0) is 14.4. The molecular formula is C12H14N6O2. The van der Waals surface area contributed by atoms with Gasteiger partial charge in [-0.25, -0.2) is 0 Å². The summed E-state index contributed by atoms with van der Waals surface area (Å²) in [5, 5.41) is 21.7. The van der Waals surface area contributed by atoms with Crippen molar-refractivity contribution in [3.05, 3.63) is 47.8 Å². The molecule has 0 atom stereocenters. The maximum atomic E-state index is 11.9. The lowest BCUT2D eigenvalue weighted by Crippen LogP contribution is -2.27. The van der Waals surface area contributed by atoms with Crippen LogP contribution in [-0.4, -0.2) is 38.5 Å². The molecule has 0 saturated heterocycles. The number of oxime groups is 1. The van der Waals surface area contributed by atoms with E-state index in [1.165, 1.54) is 0 Å². The Kier molecular flexibility index (Phi) is 4.28. The second kappa shape index (κ2) is 6.32. The Bertz CT molecular complexity index is 591. The minimum absolute atomic E-state index is 0.00291. The molecule has 0 aliphatic rings. The van der Waals surface area contributed by atoms with E-state index in [4.69, 9.17) is 10.9 Å². The summed E-state index contributed by atoms with van der Waals surface area (Å²) in [5.41, 5.74) is 6.48. The first-order chi connectivity index (χ1) is 9.70. The first-order valence-corrected chi connectivity index (χ1v) is 5.91. The lowest BCUT2D eigenvalue weighted by molar-refractivity contribution is 0.0952. The molecule has 0 unspecified atom stereocenters. The summed E-state index contributed by atoms with van der Waals surface area (Å²) in [7, 11) is 0. The smallest absolute Gasteiger partial charge is 0.251 e. The van der Waals surface area contributed by atoms with Crippen molar-refractivity contribution >= 4 is 11.7 Å². The number of nitrogens with one attached hydrogen (secondary N) is 1. The number of hydrogen-bond donors (Lipinski definition) is 3. The van der Waals surface area contributed by atoms with Crippen molar-refractivity contribution in [2.24, 2.45) is 10.9 Å². The normalized spacial score (nSPS) is 11.3. The molecule has 1 heterocycles. The topological polar surface area (TPSA) is 118 Å². The molecule has 2 rings (SSSR count). The average molecular weight is 274 g/mol. The van der Waals surface area contributed by atoms with Crippen LogP contribution in [0, 0.1) is 0 Å². The summed E-state index contributed by atoms with van der Waals surface area (Å²) in [5.74, 6) is -0.195. The number of carbonyl (C=O) groups is 1. The zero-order valence-corrected chi connectivity index (χ0v) is 10.6. The lowest BCUT2D eigenvalue weighted by atomic mass is 10.1. The summed E-state index contributed by atoms with van der Waals surface area (Å²) in [6, 6.07) is 6.44. The van der Waals surface area contributed by atoms with Crippen LogP contribution in [0.4, 0.5) is 0 Å². The summed E-state index contributed by atoms with van der Waals surface area (Å²) in [6.45, 7) is 0.998. The van der Waals surface area contributed by atoms with Crippen LogP contribution in [0.1, 0.15) is 15.9 Å². The Morgan fingerprint density at radius 3 is 2.65 bits per heavy atom. The van der Waals surface area contributed by atoms with Crippen LogP contribution in [-0.2, 0) is 6.54 Å². The maximum absolute atomic E-state index is 11.9. The van der Waals surface area contributed by atoms with Crippen LogP contribution in [0.5, 0.6) is 0 Å². The van der Waals surface area contributed by atoms with Gasteiger partial charge in [-0.3, -0.25) is 9.48 Å². The van der Waals surface area contributed by atoms with E-state index in [1.54, 1.807) is 41.3 Å². The van der Waals surface area contributed by atoms with Gasteiger partial charge in [0.05, 0.1) is 12.7 Å². The summed E-state index contributed by atoms with van der Waals surface area (Å²) >= 11 is 0. The number of hydrogen-bond acceptors (Lipinski definition) is 5. The van der Waals surface area contributed by atoms with E-state index < -0.39 is 0 Å². The number of benzene rings is 1. The van der Waals surface area contributed by atoms with E-state index in [1.807, 2.05) is 0 Å². The molecule has 4 N–H and O–H groups in total. The van der Waals surface area contributed by atoms with Crippen LogP contribution >= 0.6 is 0 Å². The monoisotopic (exact) mass is 274 g/mol. The Morgan fingerprint density at radius 2 is 2.05 bits per heavy atom. The van der Waals surface area contributed by atoms with Crippen molar-refractivity contribution in [1.82, 2.24) is 20.3 Å². The number of amides is 1. The molecule has 0 spiro atoms. The highest BCUT2D eigenvalue weighted by atomic mass is 16.4. The van der Waals surface area contributed by atoms with Crippen molar-refractivity contribution in [2.75, 3.05) is 6.54 Å². The highest BCUT2D eigenvalue weighted by Crippen LogP contribution is 2.04. The molecule has 2 aromatic rings. The number of carbonyl (C=O) groups excluding carboxylic acids is 1. The Balaban J connectivity index is 1.89. The van der Waals surface area contributed by atoms with Gasteiger partial charge in [0, 0.05) is 23.9 Å². The SMILES string of the molecule is N/C(=N/O)c1ccc(C(=O)NCCn2ccnn2)cc1. The molecule has 1 amide bonds. The first kappa shape index (κ1) is 13.5. The largest absolute Gasteiger partial charge is 0.409 e. The molecule has 0 radical (unpaired) electrons. The fourth-order valence-corrected chi connectivity index (χ4v) is 1.59. The van der Waals surface area contributed by atoms with Gasteiger partial charge in [0.15, 0.2) is 5.84 Å². The highest BCUT2D eigenvalue weighted by molar-refractivity contribution is 5.99. The van der Waals surface area contributed by atoms with Crippen molar-refractivity contribution in [3.63, 3.8) is 0 Å². The third kappa shape index (κ3) is 3.31. The molecule has 20 heavy (non-hydrogen) atoms. The Labute approximate surface area is 114 Å². The van der Waals surface area contributed by atoms with Crippen LogP contribution in [0.25, 0.3) is 0 Å². The van der Waals surface area contributed by atoms with Gasteiger partial charge in [0.25, 0.3) is 5.91 Å². The van der Waals surface area contributed by atoms with Gasteiger partial charge in [-0.05, 0) is 12.1 Å². The van der Waals surface area contributed by atoms with Gasteiger partial charge < -0.3 is 16.3 Å². The molecule has 8 nitrogen and oxygen atoms in total. The summed E-state index contributed by atoms with van der Waals surface area (Å²) < 4.78 is 1.63. The zero-order valence-electron chi connectivity index (χ0n) is 10.6. The average Bonchev–Trinajstić information content (AvgIpc) is 2.99. The highest BCUT2D eigenvalue weighted by Gasteiger charge is 2.06. The van der Waals surface area contributed by atoms with Gasteiger partial charge in [-0.1, -0.05) is 22.5 Å². The Morgan fingerprint density at radius 1 is 1.35 bits per heavy atom. The Hall–Kier alpha value is -2.90. The van der Waals surface area contributed by atoms with Gasteiger partial charge in [0.1, 0.15) is 0 Å². The van der Waals surface area contributed by atoms with E-state index in [0.717, 1.165) is 0 Å². The first-order valence-electron chi connectivity index (χ1n) is 5.91. The number of rotatable bonds is 5. The van der Waals surface area contributed by atoms with Crippen LogP contribution in [0.2, 0.25) is 0 Å². The van der Waals surface area contributed by atoms with Crippen molar-refractivity contribution < 1.29 is 10.0 Å². The fourth-order valence-electron chi connectivity index (χ4n) is 1.59. The third-order valence-electron chi connectivity index (χ3n) is 2.65. The number of amidine groups is 1. The standard InChI is InChI=1S/C12H14N6O2/c13-11(16-20)9-1-3-10(4-2-9)12(19)14-5-7-18-8-6-15-17-18/h1-4,6,8,20H,5,7H2,(H2,13,16)(H,14,19). The number of nitrogens with two attached hydrogens (primary N) is 1. The van der Waals surface area contributed by atoms with Gasteiger partial charge >= 0.3 is 0 Å². The predicted molar refractivity (Wildman–Crippen MR) is 71.3 cm³/mol. The second-order valence-corrected chi connectivity index (χ2v) is 3.98. The lowest BCUT2D eigenvalue weighted by Gasteiger charge is -2.06. The number of nitrogens with zero attached hydrogens (tertiary/aromatic N) is 4. The molecule has 1 aromatic heterocycles. The molecule has 0 aliphatic heterocycles. The summed E-state index contributed by atoms with van der Waals surface area (Å²) in [4.78, 5) is 11.9. The van der Waals surface area contributed by atoms with Crippen molar-refractivity contribution in [1.29, 1.82) is 0 Å². The molecule has 1 aromatic carbocycles. The second-order valence-electron chi connectivity index (χ2n) is 3.98. The minimum Gasteiger partial charge on any atom is -0.409 e. The molecule has 0 fully saturated rings. The molecule has 0 saturated carbocycles. The van der Waals surface area contributed by atoms with Gasteiger partial charge in [-0.15, -0.1) is 5.10 Å². The van der Waals surface area contributed by atoms with E-state index >= 15 is 0 Å². The fraction of sp³-hybridized carbons (Fsp3) is 0.167. The molecule has 8 heteroatoms. The minimum atomic E-state index is -0.198. The van der Waals surface area contributed by atoms with Crippen molar-refractivity contribution in [3.8, 4) is 0 Å². The van der Waals surface area contributed by atoms with Crippen LogP contribution in [0.3, 0.4) is 0 Å². The summed E-state index contributed by atoms with van der Waals surface area (Å²) in [6.07, 6.45) is 3.30. The maximum Gasteiger partial charge on any atom is 0.251 e. The quantitative estimate of drug-likeness (QED) is 0.302. The van der Waals surface area contributed by atoms with E-state index in [2.05, 4.69) is 20.8 Å². The predicted octanol–water partition coefficient (Wildman–Crippen LogP) is -0.197. The van der Waals surface area contributed by atoms with Crippen molar-refractivity contribution in [2.45, 2.75) is 6.54 Å². The van der Waals surface area contributed by atoms with E-state index in [9.17, 15) is 4.79 Å². The number of aromatic nitrogens is 3. The van der Waals surface area contributed by atoms with E-state index in [0.29, 0.717) is 24.2 Å². The third-order valence-corrected chi connectivity index (χ3v) is 2.65. The molecule has 0 aliphatic carbocycles. The van der Waals surface area contributed by atoms with Crippen LogP contribution in [0.15, 0.2) is 41.8 Å². The van der Waals surface area contributed by atoms with Gasteiger partial charge in [-0.2, -0.15) is 0 Å². The molecule has 104 valence electrons. The molecule has 0 bridgehead atoms.